The molecule has 6 rings (SSSR count). The summed E-state index contributed by atoms with van der Waals surface area (Å²) in [7, 11) is 0. The minimum atomic E-state index is -0.544. The molecule has 0 aliphatic carbocycles. The number of fused-ring (bicyclic) bond motifs is 2. The molecule has 0 aliphatic rings. The molecule has 1 aromatic carbocycles. The zero-order valence-electron chi connectivity index (χ0n) is 16.4. The Bertz CT molecular complexity index is 1590. The van der Waals surface area contributed by atoms with E-state index in [-0.39, 0.29) is 5.75 Å². The van der Waals surface area contributed by atoms with Gasteiger partial charge in [0.25, 0.3) is 0 Å². The van der Waals surface area contributed by atoms with Crippen molar-refractivity contribution in [3.05, 3.63) is 72.9 Å². The van der Waals surface area contributed by atoms with Crippen LogP contribution in [0.3, 0.4) is 0 Å². The number of H-pyrrole nitrogens is 2. The normalized spacial score (nSPS) is 11.4. The number of imidazole rings is 1. The minimum Gasteiger partial charge on any atom is -0.508 e. The summed E-state index contributed by atoms with van der Waals surface area (Å²) in [6, 6.07) is 13.3. The first-order valence-electron chi connectivity index (χ1n) is 9.76. The maximum absolute atomic E-state index is 13.9. The fraction of sp³-hybridized carbons (Fsp3) is 0. The molecule has 0 bridgehead atoms. The van der Waals surface area contributed by atoms with E-state index < -0.39 is 5.82 Å². The molecule has 0 radical (unpaired) electrons. The van der Waals surface area contributed by atoms with E-state index in [4.69, 9.17) is 9.97 Å². The second kappa shape index (κ2) is 6.95. The van der Waals surface area contributed by atoms with Crippen molar-refractivity contribution in [2.75, 3.05) is 0 Å². The van der Waals surface area contributed by atoms with Crippen LogP contribution in [0.5, 0.6) is 5.75 Å². The summed E-state index contributed by atoms with van der Waals surface area (Å²) < 4.78 is 13.9. The van der Waals surface area contributed by atoms with Gasteiger partial charge in [-0.05, 0) is 42.0 Å². The Kier molecular flexibility index (Phi) is 3.94. The number of aromatic nitrogens is 7. The summed E-state index contributed by atoms with van der Waals surface area (Å²) >= 11 is 0. The maximum atomic E-state index is 13.9. The van der Waals surface area contributed by atoms with Crippen LogP contribution in [-0.4, -0.2) is 40.2 Å². The number of nitrogens with one attached hydrogen (secondary N) is 2. The first kappa shape index (κ1) is 18.1. The number of hydrogen-bond acceptors (Lipinski definition) is 6. The Balaban J connectivity index is 1.52. The fourth-order valence-corrected chi connectivity index (χ4v) is 3.71. The molecular weight excluding hydrogens is 409 g/mol. The van der Waals surface area contributed by atoms with Gasteiger partial charge in [-0.3, -0.25) is 15.1 Å². The van der Waals surface area contributed by atoms with E-state index >= 15 is 0 Å². The molecule has 0 spiro atoms. The molecule has 0 atom stereocenters. The number of rotatable bonds is 3. The molecule has 0 amide bonds. The van der Waals surface area contributed by atoms with E-state index in [9.17, 15) is 9.50 Å². The number of nitrogens with zero attached hydrogens (tertiary/aromatic N) is 5. The van der Waals surface area contributed by atoms with Gasteiger partial charge in [-0.1, -0.05) is 6.07 Å². The number of benzene rings is 1. The number of aromatic hydroxyl groups is 1. The van der Waals surface area contributed by atoms with Gasteiger partial charge in [-0.15, -0.1) is 0 Å². The van der Waals surface area contributed by atoms with Gasteiger partial charge in [0.2, 0.25) is 0 Å². The van der Waals surface area contributed by atoms with Crippen LogP contribution in [0.2, 0.25) is 0 Å². The fourth-order valence-electron chi connectivity index (χ4n) is 3.71. The third-order valence-electron chi connectivity index (χ3n) is 5.15. The van der Waals surface area contributed by atoms with Crippen LogP contribution >= 0.6 is 0 Å². The highest BCUT2D eigenvalue weighted by molar-refractivity contribution is 5.95. The Morgan fingerprint density at radius 2 is 1.81 bits per heavy atom. The first-order valence-corrected chi connectivity index (χ1v) is 9.76. The average molecular weight is 423 g/mol. The summed E-state index contributed by atoms with van der Waals surface area (Å²) in [6.07, 6.45) is 4.94. The summed E-state index contributed by atoms with van der Waals surface area (Å²) in [5.41, 5.74) is 5.71. The van der Waals surface area contributed by atoms with Gasteiger partial charge in [0, 0.05) is 24.0 Å². The Morgan fingerprint density at radius 3 is 2.66 bits per heavy atom. The SMILES string of the molecule is Oc1cc(F)cc(-c2cncc3[nH]c(-c4n[nH]c5ccc(-c6ccccn6)nc45)nc23)c1. The largest absolute Gasteiger partial charge is 0.508 e. The standard InChI is InChI=1S/C23H14FN7O/c24-13-7-12(8-14(32)9-13)15-10-25-11-19-20(15)29-23(28-19)22-21-18(30-31-22)5-4-17(27-21)16-3-1-2-6-26-16/h1-11,32H,(H,28,29)(H,30,31). The zero-order valence-corrected chi connectivity index (χ0v) is 16.4. The van der Waals surface area contributed by atoms with Gasteiger partial charge >= 0.3 is 0 Å². The van der Waals surface area contributed by atoms with Crippen LogP contribution in [0, 0.1) is 5.82 Å². The predicted octanol–water partition coefficient (Wildman–Crippen LogP) is 4.47. The Hall–Kier alpha value is -4.66. The molecule has 8 nitrogen and oxygen atoms in total. The van der Waals surface area contributed by atoms with Crippen LogP contribution in [0.4, 0.5) is 4.39 Å². The van der Waals surface area contributed by atoms with E-state index in [2.05, 4.69) is 25.1 Å². The highest BCUT2D eigenvalue weighted by Crippen LogP contribution is 2.32. The molecule has 154 valence electrons. The van der Waals surface area contributed by atoms with Crippen molar-refractivity contribution in [3.63, 3.8) is 0 Å². The molecule has 32 heavy (non-hydrogen) atoms. The number of halogens is 1. The van der Waals surface area contributed by atoms with Crippen LogP contribution < -0.4 is 0 Å². The van der Waals surface area contributed by atoms with Crippen LogP contribution in [-0.2, 0) is 0 Å². The second-order valence-electron chi connectivity index (χ2n) is 7.25. The molecule has 6 aromatic rings. The quantitative estimate of drug-likeness (QED) is 0.387. The van der Waals surface area contributed by atoms with Gasteiger partial charge in [-0.25, -0.2) is 14.4 Å². The van der Waals surface area contributed by atoms with Crippen molar-refractivity contribution in [1.29, 1.82) is 0 Å². The monoisotopic (exact) mass is 423 g/mol. The van der Waals surface area contributed by atoms with Crippen molar-refractivity contribution >= 4 is 22.1 Å². The van der Waals surface area contributed by atoms with Crippen molar-refractivity contribution in [2.24, 2.45) is 0 Å². The minimum absolute atomic E-state index is 0.169. The highest BCUT2D eigenvalue weighted by Gasteiger charge is 2.17. The summed E-state index contributed by atoms with van der Waals surface area (Å²) in [4.78, 5) is 21.3. The number of phenols is 1. The summed E-state index contributed by atoms with van der Waals surface area (Å²) in [5.74, 6) is -0.221. The maximum Gasteiger partial charge on any atom is 0.161 e. The molecule has 5 aromatic heterocycles. The number of phenolic OH excluding ortho intramolecular Hbond substituents is 1. The lowest BCUT2D eigenvalue weighted by atomic mass is 10.1. The van der Waals surface area contributed by atoms with E-state index in [0.717, 1.165) is 23.0 Å². The molecule has 3 N–H and O–H groups in total. The summed E-state index contributed by atoms with van der Waals surface area (Å²) in [5, 5.41) is 17.2. The van der Waals surface area contributed by atoms with E-state index in [1.165, 1.54) is 12.1 Å². The van der Waals surface area contributed by atoms with Crippen LogP contribution in [0.1, 0.15) is 0 Å². The third-order valence-corrected chi connectivity index (χ3v) is 5.15. The van der Waals surface area contributed by atoms with Crippen LogP contribution in [0.15, 0.2) is 67.1 Å². The Labute approximate surface area is 179 Å². The van der Waals surface area contributed by atoms with E-state index in [1.807, 2.05) is 30.3 Å². The lowest BCUT2D eigenvalue weighted by Crippen LogP contribution is -1.88. The van der Waals surface area contributed by atoms with Gasteiger partial charge in [0.1, 0.15) is 17.1 Å². The number of hydrogen-bond donors (Lipinski definition) is 3. The number of aromatic amines is 2. The van der Waals surface area contributed by atoms with Crippen molar-refractivity contribution in [2.45, 2.75) is 0 Å². The molecule has 0 unspecified atom stereocenters. The van der Waals surface area contributed by atoms with Crippen molar-refractivity contribution in [1.82, 2.24) is 35.1 Å². The van der Waals surface area contributed by atoms with Crippen molar-refractivity contribution in [3.8, 4) is 39.8 Å². The number of pyridine rings is 3. The van der Waals surface area contributed by atoms with Crippen molar-refractivity contribution < 1.29 is 9.50 Å². The van der Waals surface area contributed by atoms with Gasteiger partial charge in [0.15, 0.2) is 11.5 Å². The average Bonchev–Trinajstić information content (AvgIpc) is 3.42. The van der Waals surface area contributed by atoms with E-state index in [0.29, 0.717) is 39.2 Å². The van der Waals surface area contributed by atoms with Gasteiger partial charge in [-0.2, -0.15) is 5.10 Å². The van der Waals surface area contributed by atoms with E-state index in [1.54, 1.807) is 18.6 Å². The molecule has 0 saturated heterocycles. The zero-order chi connectivity index (χ0) is 21.7. The second-order valence-corrected chi connectivity index (χ2v) is 7.25. The van der Waals surface area contributed by atoms with Gasteiger partial charge in [0.05, 0.1) is 34.1 Å². The smallest absolute Gasteiger partial charge is 0.161 e. The lowest BCUT2D eigenvalue weighted by Gasteiger charge is -2.03. The molecule has 9 heteroatoms. The first-order chi connectivity index (χ1) is 15.7. The topological polar surface area (TPSA) is 116 Å². The molecule has 0 aliphatic heterocycles. The Morgan fingerprint density at radius 1 is 0.875 bits per heavy atom. The molecule has 0 saturated carbocycles. The third kappa shape index (κ3) is 2.95. The predicted molar refractivity (Wildman–Crippen MR) is 117 cm³/mol. The highest BCUT2D eigenvalue weighted by atomic mass is 19.1. The van der Waals surface area contributed by atoms with Gasteiger partial charge < -0.3 is 10.1 Å². The summed E-state index contributed by atoms with van der Waals surface area (Å²) in [6.45, 7) is 0. The molecular formula is C23H14FN7O. The molecule has 0 fully saturated rings. The molecule has 5 heterocycles. The lowest BCUT2D eigenvalue weighted by molar-refractivity contribution is 0.469. The van der Waals surface area contributed by atoms with Crippen LogP contribution in [0.25, 0.3) is 56.1 Å².